The smallest absolute Gasteiger partial charge is 0.234 e. The van der Waals surface area contributed by atoms with Gasteiger partial charge in [-0.05, 0) is 29.3 Å². The molecular weight excluding hydrogens is 336 g/mol. The molecule has 1 fully saturated rings. The Labute approximate surface area is 148 Å². The standard InChI is InChI=1S/C19H24N2O3S/c1-2-21(13-19(22)20-17-10-11-25(23,24)14-17)12-16-8-5-7-15-6-3-4-9-18(15)16/h3-9,17H,2,10-14H2,1H3,(H,20,22). The normalized spacial score (nSPS) is 19.4. The molecule has 0 radical (unpaired) electrons. The fraction of sp³-hybridized carbons (Fsp3) is 0.421. The molecule has 1 aliphatic rings. The van der Waals surface area contributed by atoms with Crippen LogP contribution in [0.4, 0.5) is 0 Å². The maximum Gasteiger partial charge on any atom is 0.234 e. The lowest BCUT2D eigenvalue weighted by molar-refractivity contribution is -0.122. The minimum atomic E-state index is -2.98. The Bertz CT molecular complexity index is 859. The van der Waals surface area contributed by atoms with E-state index in [1.165, 1.54) is 16.3 Å². The van der Waals surface area contributed by atoms with E-state index in [0.717, 1.165) is 6.54 Å². The predicted molar refractivity (Wildman–Crippen MR) is 100 cm³/mol. The third-order valence-corrected chi connectivity index (χ3v) is 6.45. The quantitative estimate of drug-likeness (QED) is 0.855. The lowest BCUT2D eigenvalue weighted by Gasteiger charge is -2.22. The molecule has 1 aliphatic heterocycles. The number of nitrogens with one attached hydrogen (secondary N) is 1. The molecule has 0 aromatic heterocycles. The molecule has 0 saturated carbocycles. The van der Waals surface area contributed by atoms with Gasteiger partial charge < -0.3 is 5.32 Å². The summed E-state index contributed by atoms with van der Waals surface area (Å²) in [6.45, 7) is 3.74. The average Bonchev–Trinajstić information content (AvgIpc) is 2.93. The first-order chi connectivity index (χ1) is 12.0. The fourth-order valence-electron chi connectivity index (χ4n) is 3.34. The number of nitrogens with zero attached hydrogens (tertiary/aromatic N) is 1. The predicted octanol–water partition coefficient (Wildman–Crippen LogP) is 1.97. The van der Waals surface area contributed by atoms with Gasteiger partial charge in [-0.25, -0.2) is 8.42 Å². The zero-order chi connectivity index (χ0) is 17.9. The van der Waals surface area contributed by atoms with Crippen molar-refractivity contribution in [2.45, 2.75) is 25.9 Å². The van der Waals surface area contributed by atoms with Crippen molar-refractivity contribution in [1.82, 2.24) is 10.2 Å². The molecule has 0 aliphatic carbocycles. The highest BCUT2D eigenvalue weighted by Gasteiger charge is 2.29. The molecule has 1 N–H and O–H groups in total. The van der Waals surface area contributed by atoms with Crippen LogP contribution in [0.1, 0.15) is 18.9 Å². The van der Waals surface area contributed by atoms with E-state index in [2.05, 4.69) is 34.5 Å². The molecule has 2 aromatic carbocycles. The summed E-state index contributed by atoms with van der Waals surface area (Å²) in [5, 5.41) is 5.25. The first-order valence-corrected chi connectivity index (χ1v) is 10.5. The Morgan fingerprint density at radius 1 is 1.20 bits per heavy atom. The maximum atomic E-state index is 12.3. The van der Waals surface area contributed by atoms with E-state index in [-0.39, 0.29) is 30.0 Å². The molecule has 5 nitrogen and oxygen atoms in total. The van der Waals surface area contributed by atoms with Crippen LogP contribution >= 0.6 is 0 Å². The fourth-order valence-corrected chi connectivity index (χ4v) is 5.01. The highest BCUT2D eigenvalue weighted by Crippen LogP contribution is 2.20. The van der Waals surface area contributed by atoms with Crippen LogP contribution in [0.5, 0.6) is 0 Å². The first kappa shape index (κ1) is 17.9. The van der Waals surface area contributed by atoms with Gasteiger partial charge in [0, 0.05) is 12.6 Å². The summed E-state index contributed by atoms with van der Waals surface area (Å²) < 4.78 is 23.0. The van der Waals surface area contributed by atoms with Crippen LogP contribution in [0, 0.1) is 0 Å². The second-order valence-corrected chi connectivity index (χ2v) is 8.84. The Kier molecular flexibility index (Phi) is 5.39. The van der Waals surface area contributed by atoms with Gasteiger partial charge in [0.15, 0.2) is 9.84 Å². The van der Waals surface area contributed by atoms with E-state index in [9.17, 15) is 13.2 Å². The second kappa shape index (κ2) is 7.54. The van der Waals surface area contributed by atoms with Crippen LogP contribution in [0.2, 0.25) is 0 Å². The molecule has 3 rings (SSSR count). The van der Waals surface area contributed by atoms with Gasteiger partial charge in [0.05, 0.1) is 18.1 Å². The molecule has 1 saturated heterocycles. The van der Waals surface area contributed by atoms with E-state index in [1.54, 1.807) is 0 Å². The van der Waals surface area contributed by atoms with Gasteiger partial charge in [0.2, 0.25) is 5.91 Å². The van der Waals surface area contributed by atoms with Crippen LogP contribution in [0.25, 0.3) is 10.8 Å². The zero-order valence-corrected chi connectivity index (χ0v) is 15.3. The van der Waals surface area contributed by atoms with Crippen molar-refractivity contribution in [3.05, 3.63) is 48.0 Å². The summed E-state index contributed by atoms with van der Waals surface area (Å²) >= 11 is 0. The van der Waals surface area contributed by atoms with Crippen molar-refractivity contribution < 1.29 is 13.2 Å². The molecule has 6 heteroatoms. The number of benzene rings is 2. The van der Waals surface area contributed by atoms with Gasteiger partial charge in [-0.15, -0.1) is 0 Å². The maximum absolute atomic E-state index is 12.3. The second-order valence-electron chi connectivity index (χ2n) is 6.61. The Hall–Kier alpha value is -1.92. The number of fused-ring (bicyclic) bond motifs is 1. The molecule has 1 unspecified atom stereocenters. The van der Waals surface area contributed by atoms with E-state index >= 15 is 0 Å². The van der Waals surface area contributed by atoms with Crippen LogP contribution in [0.3, 0.4) is 0 Å². The molecule has 1 atom stereocenters. The van der Waals surface area contributed by atoms with Crippen LogP contribution in [-0.2, 0) is 21.2 Å². The molecule has 1 amide bonds. The van der Waals surface area contributed by atoms with Crippen LogP contribution in [0.15, 0.2) is 42.5 Å². The average molecular weight is 360 g/mol. The van der Waals surface area contributed by atoms with Crippen LogP contribution in [-0.4, -0.2) is 49.9 Å². The minimum absolute atomic E-state index is 0.0637. The van der Waals surface area contributed by atoms with E-state index in [0.29, 0.717) is 13.0 Å². The Morgan fingerprint density at radius 2 is 1.96 bits per heavy atom. The largest absolute Gasteiger partial charge is 0.351 e. The highest BCUT2D eigenvalue weighted by atomic mass is 32.2. The van der Waals surface area contributed by atoms with Crippen molar-refractivity contribution in [1.29, 1.82) is 0 Å². The van der Waals surface area contributed by atoms with E-state index < -0.39 is 9.84 Å². The van der Waals surface area contributed by atoms with Crippen molar-refractivity contribution in [2.75, 3.05) is 24.6 Å². The third-order valence-electron chi connectivity index (χ3n) is 4.69. The number of amides is 1. The first-order valence-electron chi connectivity index (χ1n) is 8.65. The van der Waals surface area contributed by atoms with Gasteiger partial charge in [-0.1, -0.05) is 49.4 Å². The molecule has 2 aromatic rings. The lowest BCUT2D eigenvalue weighted by atomic mass is 10.0. The number of hydrogen-bond donors (Lipinski definition) is 1. The lowest BCUT2D eigenvalue weighted by Crippen LogP contribution is -2.42. The van der Waals surface area contributed by atoms with Gasteiger partial charge in [0.25, 0.3) is 0 Å². The molecule has 0 bridgehead atoms. The highest BCUT2D eigenvalue weighted by molar-refractivity contribution is 7.91. The Morgan fingerprint density at radius 3 is 2.68 bits per heavy atom. The zero-order valence-electron chi connectivity index (χ0n) is 14.4. The van der Waals surface area contributed by atoms with E-state index in [4.69, 9.17) is 0 Å². The SMILES string of the molecule is CCN(CC(=O)NC1CCS(=O)(=O)C1)Cc1cccc2ccccc12. The number of hydrogen-bond acceptors (Lipinski definition) is 4. The van der Waals surface area contributed by atoms with Gasteiger partial charge in [-0.3, -0.25) is 9.69 Å². The van der Waals surface area contributed by atoms with Crippen LogP contribution < -0.4 is 5.32 Å². The number of carbonyl (C=O) groups excluding carboxylic acids is 1. The Balaban J connectivity index is 1.63. The summed E-state index contributed by atoms with van der Waals surface area (Å²) in [5.74, 6) is 0.129. The number of rotatable bonds is 6. The van der Waals surface area contributed by atoms with Crippen molar-refractivity contribution in [3.8, 4) is 0 Å². The van der Waals surface area contributed by atoms with Gasteiger partial charge in [0.1, 0.15) is 0 Å². The summed E-state index contributed by atoms with van der Waals surface area (Å²) in [4.78, 5) is 14.4. The van der Waals surface area contributed by atoms with Crippen molar-refractivity contribution >= 4 is 26.5 Å². The molecule has 25 heavy (non-hydrogen) atoms. The van der Waals surface area contributed by atoms with Gasteiger partial charge >= 0.3 is 0 Å². The summed E-state index contributed by atoms with van der Waals surface area (Å²) in [5.41, 5.74) is 1.19. The number of carbonyl (C=O) groups is 1. The van der Waals surface area contributed by atoms with Crippen molar-refractivity contribution in [3.63, 3.8) is 0 Å². The third kappa shape index (κ3) is 4.58. The van der Waals surface area contributed by atoms with Crippen molar-refractivity contribution in [2.24, 2.45) is 0 Å². The van der Waals surface area contributed by atoms with Gasteiger partial charge in [-0.2, -0.15) is 0 Å². The summed E-state index contributed by atoms with van der Waals surface area (Å²) in [7, 11) is -2.98. The monoisotopic (exact) mass is 360 g/mol. The summed E-state index contributed by atoms with van der Waals surface area (Å²) in [6, 6.07) is 14.2. The molecular formula is C19H24N2O3S. The molecule has 0 spiro atoms. The summed E-state index contributed by atoms with van der Waals surface area (Å²) in [6.07, 6.45) is 0.517. The molecule has 134 valence electrons. The van der Waals surface area contributed by atoms with E-state index in [1.807, 2.05) is 25.1 Å². The molecule has 1 heterocycles. The topological polar surface area (TPSA) is 66.5 Å². The number of sulfone groups is 1. The minimum Gasteiger partial charge on any atom is -0.351 e. The number of likely N-dealkylation sites (N-methyl/N-ethyl adjacent to an activating group) is 1.